The maximum absolute atomic E-state index is 14.1. The number of halogens is 2. The molecule has 0 spiro atoms. The maximum Gasteiger partial charge on any atom is 0.254 e. The van der Waals surface area contributed by atoms with E-state index >= 15 is 0 Å². The molecule has 0 aliphatic carbocycles. The molecular formula is C19H22F2N4O3S. The average molecular weight is 424 g/mol. The summed E-state index contributed by atoms with van der Waals surface area (Å²) in [4.78, 5) is 2.18. The van der Waals surface area contributed by atoms with Crippen molar-refractivity contribution in [2.24, 2.45) is 5.73 Å². The summed E-state index contributed by atoms with van der Waals surface area (Å²) in [5, 5.41) is 4.36. The van der Waals surface area contributed by atoms with Crippen LogP contribution in [0.2, 0.25) is 0 Å². The van der Waals surface area contributed by atoms with Gasteiger partial charge in [-0.1, -0.05) is 0 Å². The number of nitrogens with zero attached hydrogens (tertiary/aromatic N) is 3. The van der Waals surface area contributed by atoms with E-state index in [1.54, 1.807) is 0 Å². The van der Waals surface area contributed by atoms with Gasteiger partial charge >= 0.3 is 0 Å². The highest BCUT2D eigenvalue weighted by Crippen LogP contribution is 2.36. The fourth-order valence-electron chi connectivity index (χ4n) is 4.67. The van der Waals surface area contributed by atoms with E-state index in [9.17, 15) is 17.2 Å². The van der Waals surface area contributed by atoms with Crippen molar-refractivity contribution in [3.63, 3.8) is 0 Å². The molecule has 1 fully saturated rings. The molecule has 0 bridgehead atoms. The van der Waals surface area contributed by atoms with Crippen molar-refractivity contribution in [2.45, 2.75) is 50.5 Å². The van der Waals surface area contributed by atoms with Gasteiger partial charge in [0.05, 0.1) is 23.7 Å². The molecule has 0 unspecified atom stereocenters. The molecule has 1 aromatic heterocycles. The van der Waals surface area contributed by atoms with Crippen molar-refractivity contribution in [1.82, 2.24) is 14.1 Å². The van der Waals surface area contributed by atoms with Crippen LogP contribution in [0.4, 0.5) is 8.78 Å². The third-order valence-electron chi connectivity index (χ3n) is 6.11. The zero-order chi connectivity index (χ0) is 20.3. The zero-order valence-corrected chi connectivity index (χ0v) is 16.5. The second-order valence-electron chi connectivity index (χ2n) is 8.01. The third-order valence-corrected chi connectivity index (χ3v) is 7.75. The Bertz CT molecular complexity index is 1070. The van der Waals surface area contributed by atoms with Crippen molar-refractivity contribution in [1.29, 1.82) is 0 Å². The minimum Gasteiger partial charge on any atom is -0.370 e. The number of aromatic nitrogens is 2. The summed E-state index contributed by atoms with van der Waals surface area (Å²) in [5.41, 5.74) is 8.98. The molecule has 3 aliphatic rings. The molecule has 1 saturated heterocycles. The molecule has 2 aromatic rings. The monoisotopic (exact) mass is 424 g/mol. The molecule has 156 valence electrons. The molecule has 10 heteroatoms. The molecule has 3 atom stereocenters. The van der Waals surface area contributed by atoms with E-state index in [1.807, 2.05) is 0 Å². The lowest BCUT2D eigenvalue weighted by Gasteiger charge is -2.38. The van der Waals surface area contributed by atoms with Crippen molar-refractivity contribution >= 4 is 10.0 Å². The number of hydrogen-bond donors (Lipinski definition) is 1. The molecule has 4 heterocycles. The Labute approximate surface area is 167 Å². The first-order chi connectivity index (χ1) is 13.8. The molecule has 29 heavy (non-hydrogen) atoms. The van der Waals surface area contributed by atoms with E-state index in [4.69, 9.17) is 10.5 Å². The summed E-state index contributed by atoms with van der Waals surface area (Å²) in [5.74, 6) is -0.917. The number of nitrogens with two attached hydrogens (primary N) is 1. The number of ether oxygens (including phenoxy) is 1. The van der Waals surface area contributed by atoms with E-state index in [2.05, 4.69) is 10.00 Å². The standard InChI is InChI=1S/C19H22F2N4O3S/c20-11-3-4-15(21)13(6-11)19-16(22)7-12(10-28-19)24-8-14-17(9-24)23-25-18(14)2-1-5-29(25,26)27/h3-4,6,12,16,19H,1-2,5,7-10,22H2/t12-,16+,19-/m1/s1. The van der Waals surface area contributed by atoms with Crippen molar-refractivity contribution in [3.8, 4) is 0 Å². The van der Waals surface area contributed by atoms with Gasteiger partial charge in [-0.2, -0.15) is 9.19 Å². The highest BCUT2D eigenvalue weighted by molar-refractivity contribution is 7.89. The summed E-state index contributed by atoms with van der Waals surface area (Å²) < 4.78 is 59.2. The zero-order valence-electron chi connectivity index (χ0n) is 15.7. The van der Waals surface area contributed by atoms with E-state index in [-0.39, 0.29) is 17.4 Å². The molecule has 0 amide bonds. The topological polar surface area (TPSA) is 90.5 Å². The Balaban J connectivity index is 1.31. The summed E-state index contributed by atoms with van der Waals surface area (Å²) in [6.07, 6.45) is 1.19. The number of hydrogen-bond acceptors (Lipinski definition) is 6. The highest BCUT2D eigenvalue weighted by atomic mass is 32.2. The van der Waals surface area contributed by atoms with Crippen molar-refractivity contribution in [3.05, 3.63) is 52.3 Å². The van der Waals surface area contributed by atoms with Gasteiger partial charge in [-0.3, -0.25) is 4.90 Å². The SMILES string of the molecule is N[C@H]1C[C@@H](N2Cc3nn4c(c3C2)CCCS4(=O)=O)CO[C@@H]1c1cc(F)ccc1F. The minimum absolute atomic E-state index is 0.00733. The third kappa shape index (κ3) is 3.18. The molecule has 5 rings (SSSR count). The van der Waals surface area contributed by atoms with Crippen LogP contribution in [0.5, 0.6) is 0 Å². The van der Waals surface area contributed by atoms with Gasteiger partial charge in [0.25, 0.3) is 10.0 Å². The Kier molecular flexibility index (Phi) is 4.50. The summed E-state index contributed by atoms with van der Waals surface area (Å²) in [6.45, 7) is 1.47. The molecule has 0 radical (unpaired) electrons. The quantitative estimate of drug-likeness (QED) is 0.785. The largest absolute Gasteiger partial charge is 0.370 e. The van der Waals surface area contributed by atoms with Gasteiger partial charge < -0.3 is 10.5 Å². The summed E-state index contributed by atoms with van der Waals surface area (Å²) in [6, 6.07) is 2.83. The maximum atomic E-state index is 14.1. The van der Waals surface area contributed by atoms with E-state index in [1.165, 1.54) is 4.09 Å². The van der Waals surface area contributed by atoms with Crippen LogP contribution >= 0.6 is 0 Å². The van der Waals surface area contributed by atoms with Crippen LogP contribution in [0.25, 0.3) is 0 Å². The van der Waals surface area contributed by atoms with Crippen LogP contribution in [0.3, 0.4) is 0 Å². The summed E-state index contributed by atoms with van der Waals surface area (Å²) in [7, 11) is -3.34. The lowest BCUT2D eigenvalue weighted by atomic mass is 9.93. The Morgan fingerprint density at radius 3 is 2.86 bits per heavy atom. The van der Waals surface area contributed by atoms with Gasteiger partial charge in [-0.25, -0.2) is 17.2 Å². The summed E-state index contributed by atoms with van der Waals surface area (Å²) >= 11 is 0. The van der Waals surface area contributed by atoms with Crippen LogP contribution in [-0.4, -0.2) is 46.9 Å². The fourth-order valence-corrected chi connectivity index (χ4v) is 6.11. The number of fused-ring (bicyclic) bond motifs is 3. The molecule has 1 aromatic carbocycles. The Morgan fingerprint density at radius 1 is 1.24 bits per heavy atom. The molecule has 2 N–H and O–H groups in total. The molecular weight excluding hydrogens is 402 g/mol. The van der Waals surface area contributed by atoms with Crippen LogP contribution in [-0.2, 0) is 34.3 Å². The Hall–Kier alpha value is -1.88. The van der Waals surface area contributed by atoms with Crippen LogP contribution in [0.15, 0.2) is 18.2 Å². The highest BCUT2D eigenvalue weighted by Gasteiger charge is 2.39. The van der Waals surface area contributed by atoms with Crippen molar-refractivity contribution < 1.29 is 21.9 Å². The van der Waals surface area contributed by atoms with Gasteiger partial charge in [-0.05, 0) is 37.5 Å². The van der Waals surface area contributed by atoms with Gasteiger partial charge in [0.1, 0.15) is 17.7 Å². The van der Waals surface area contributed by atoms with E-state index in [0.29, 0.717) is 39.0 Å². The molecule has 0 saturated carbocycles. The van der Waals surface area contributed by atoms with E-state index < -0.39 is 33.8 Å². The van der Waals surface area contributed by atoms with E-state index in [0.717, 1.165) is 35.2 Å². The predicted octanol–water partition coefficient (Wildman–Crippen LogP) is 1.46. The van der Waals surface area contributed by atoms with Crippen LogP contribution in [0, 0.1) is 11.6 Å². The van der Waals surface area contributed by atoms with Gasteiger partial charge in [0, 0.05) is 36.3 Å². The first kappa shape index (κ1) is 19.1. The van der Waals surface area contributed by atoms with Gasteiger partial charge in [0.15, 0.2) is 0 Å². The Morgan fingerprint density at radius 2 is 2.07 bits per heavy atom. The van der Waals surface area contributed by atoms with Crippen LogP contribution in [0.1, 0.15) is 41.5 Å². The second-order valence-corrected chi connectivity index (χ2v) is 9.93. The first-order valence-corrected chi connectivity index (χ1v) is 11.3. The van der Waals surface area contributed by atoms with Gasteiger partial charge in [-0.15, -0.1) is 0 Å². The molecule has 7 nitrogen and oxygen atoms in total. The van der Waals surface area contributed by atoms with Crippen molar-refractivity contribution in [2.75, 3.05) is 12.4 Å². The fraction of sp³-hybridized carbons (Fsp3) is 0.526. The normalized spacial score (nSPS) is 28.9. The van der Waals surface area contributed by atoms with Crippen LogP contribution < -0.4 is 5.73 Å². The average Bonchev–Trinajstić information content (AvgIpc) is 3.23. The smallest absolute Gasteiger partial charge is 0.254 e. The number of benzene rings is 1. The first-order valence-electron chi connectivity index (χ1n) is 9.72. The second kappa shape index (κ2) is 6.83. The van der Waals surface area contributed by atoms with Gasteiger partial charge in [0.2, 0.25) is 0 Å². The predicted molar refractivity (Wildman–Crippen MR) is 100 cm³/mol. The number of rotatable bonds is 2. The minimum atomic E-state index is -3.34. The molecule has 3 aliphatic heterocycles. The lowest BCUT2D eigenvalue weighted by molar-refractivity contribution is -0.0533. The lowest BCUT2D eigenvalue weighted by Crippen LogP contribution is -2.48.